The van der Waals surface area contributed by atoms with Gasteiger partial charge < -0.3 is 0 Å². The van der Waals surface area contributed by atoms with Crippen LogP contribution in [0, 0.1) is 17.8 Å². The van der Waals surface area contributed by atoms with Gasteiger partial charge in [0.1, 0.15) is 0 Å². The van der Waals surface area contributed by atoms with Crippen molar-refractivity contribution in [3.63, 3.8) is 0 Å². The summed E-state index contributed by atoms with van der Waals surface area (Å²) >= 11 is 0. The average Bonchev–Trinajstić information content (AvgIpc) is 2.87. The van der Waals surface area contributed by atoms with Crippen LogP contribution in [0.1, 0.15) is 79.6 Å². The second-order valence-electron chi connectivity index (χ2n) is 6.72. The summed E-state index contributed by atoms with van der Waals surface area (Å²) in [5.41, 5.74) is 4.55. The summed E-state index contributed by atoms with van der Waals surface area (Å²) in [6.07, 6.45) is 9.42. The molecule has 0 aromatic heterocycles. The minimum absolute atomic E-state index is 0.761. The topological polar surface area (TPSA) is 0 Å². The van der Waals surface area contributed by atoms with Gasteiger partial charge in [0.25, 0.3) is 0 Å². The molecular weight excluding hydrogens is 228 g/mol. The smallest absolute Gasteiger partial charge is 0.0106 e. The molecular formula is C19H34. The Morgan fingerprint density at radius 2 is 1.74 bits per heavy atom. The van der Waals surface area contributed by atoms with Gasteiger partial charge in [-0.3, -0.25) is 0 Å². The lowest BCUT2D eigenvalue weighted by Gasteiger charge is -2.33. The standard InChI is InChI=1S/C19H34/c1-7-11-16(6)18(14(3)4)19(15(5)8-2)17-12-9-10-13-17/h15,17,19H,6-13H2,1-5H3. The van der Waals surface area contributed by atoms with Crippen LogP contribution in [0.25, 0.3) is 0 Å². The molecule has 0 saturated heterocycles. The molecule has 0 radical (unpaired) electrons. The van der Waals surface area contributed by atoms with Gasteiger partial charge >= 0.3 is 0 Å². The van der Waals surface area contributed by atoms with Crippen molar-refractivity contribution < 1.29 is 0 Å². The van der Waals surface area contributed by atoms with Crippen LogP contribution >= 0.6 is 0 Å². The van der Waals surface area contributed by atoms with Gasteiger partial charge in [0.2, 0.25) is 0 Å². The molecule has 1 rings (SSSR count). The summed E-state index contributed by atoms with van der Waals surface area (Å²) in [4.78, 5) is 0. The molecule has 1 aliphatic rings. The highest BCUT2D eigenvalue weighted by Crippen LogP contribution is 2.43. The molecule has 0 heteroatoms. The van der Waals surface area contributed by atoms with E-state index in [2.05, 4.69) is 41.2 Å². The molecule has 2 atom stereocenters. The molecule has 0 bridgehead atoms. The zero-order valence-corrected chi connectivity index (χ0v) is 13.9. The second kappa shape index (κ2) is 7.92. The minimum Gasteiger partial charge on any atom is -0.0955 e. The summed E-state index contributed by atoms with van der Waals surface area (Å²) in [6.45, 7) is 16.1. The first-order chi connectivity index (χ1) is 9.02. The monoisotopic (exact) mass is 262 g/mol. The van der Waals surface area contributed by atoms with E-state index < -0.39 is 0 Å². The van der Waals surface area contributed by atoms with Gasteiger partial charge in [-0.15, -0.1) is 0 Å². The molecule has 0 heterocycles. The Bertz CT molecular complexity index is 311. The summed E-state index contributed by atoms with van der Waals surface area (Å²) < 4.78 is 0. The van der Waals surface area contributed by atoms with Crippen molar-refractivity contribution in [2.45, 2.75) is 79.6 Å². The van der Waals surface area contributed by atoms with Crippen LogP contribution in [0.2, 0.25) is 0 Å². The molecule has 0 aromatic rings. The van der Waals surface area contributed by atoms with Crippen LogP contribution in [0.15, 0.2) is 23.3 Å². The van der Waals surface area contributed by atoms with Gasteiger partial charge in [-0.1, -0.05) is 64.2 Å². The van der Waals surface area contributed by atoms with Crippen molar-refractivity contribution in [1.82, 2.24) is 0 Å². The van der Waals surface area contributed by atoms with Gasteiger partial charge in [-0.25, -0.2) is 0 Å². The molecule has 0 N–H and O–H groups in total. The number of hydrogen-bond acceptors (Lipinski definition) is 0. The predicted octanol–water partition coefficient (Wildman–Crippen LogP) is 6.53. The molecule has 1 saturated carbocycles. The van der Waals surface area contributed by atoms with Gasteiger partial charge in [-0.05, 0) is 56.4 Å². The average molecular weight is 262 g/mol. The van der Waals surface area contributed by atoms with Crippen molar-refractivity contribution in [3.8, 4) is 0 Å². The first kappa shape index (κ1) is 16.5. The highest BCUT2D eigenvalue weighted by molar-refractivity contribution is 5.35. The predicted molar refractivity (Wildman–Crippen MR) is 87.3 cm³/mol. The van der Waals surface area contributed by atoms with Crippen molar-refractivity contribution in [2.75, 3.05) is 0 Å². The second-order valence-corrected chi connectivity index (χ2v) is 6.72. The van der Waals surface area contributed by atoms with Gasteiger partial charge in [0.05, 0.1) is 0 Å². The molecule has 19 heavy (non-hydrogen) atoms. The first-order valence-corrected chi connectivity index (χ1v) is 8.38. The summed E-state index contributed by atoms with van der Waals surface area (Å²) in [5.74, 6) is 2.46. The van der Waals surface area contributed by atoms with Crippen LogP contribution < -0.4 is 0 Å². The summed E-state index contributed by atoms with van der Waals surface area (Å²) in [7, 11) is 0. The maximum atomic E-state index is 4.42. The van der Waals surface area contributed by atoms with Crippen molar-refractivity contribution in [1.29, 1.82) is 0 Å². The lowest BCUT2D eigenvalue weighted by Crippen LogP contribution is -2.23. The summed E-state index contributed by atoms with van der Waals surface area (Å²) in [5, 5.41) is 0. The number of hydrogen-bond donors (Lipinski definition) is 0. The normalized spacial score (nSPS) is 19.2. The fourth-order valence-electron chi connectivity index (χ4n) is 3.91. The van der Waals surface area contributed by atoms with Gasteiger partial charge in [0.15, 0.2) is 0 Å². The van der Waals surface area contributed by atoms with Crippen LogP contribution in [-0.4, -0.2) is 0 Å². The molecule has 0 nitrogen and oxygen atoms in total. The Kier molecular flexibility index (Phi) is 6.89. The number of allylic oxidation sites excluding steroid dienone is 3. The van der Waals surface area contributed by atoms with Crippen molar-refractivity contribution in [3.05, 3.63) is 23.3 Å². The van der Waals surface area contributed by atoms with E-state index in [9.17, 15) is 0 Å². The van der Waals surface area contributed by atoms with Crippen molar-refractivity contribution in [2.24, 2.45) is 17.8 Å². The van der Waals surface area contributed by atoms with Crippen molar-refractivity contribution >= 4 is 0 Å². The fourth-order valence-corrected chi connectivity index (χ4v) is 3.91. The molecule has 1 fully saturated rings. The quantitative estimate of drug-likeness (QED) is 0.457. The zero-order valence-electron chi connectivity index (χ0n) is 13.9. The maximum absolute atomic E-state index is 4.42. The van der Waals surface area contributed by atoms with Crippen LogP contribution in [0.5, 0.6) is 0 Å². The Labute approximate surface area is 121 Å². The SMILES string of the molecule is C=C(CCC)C(=C(C)C)C(C(C)CC)C1CCCC1. The van der Waals surface area contributed by atoms with E-state index in [0.717, 1.165) is 17.8 Å². The highest BCUT2D eigenvalue weighted by Gasteiger charge is 2.32. The van der Waals surface area contributed by atoms with Crippen LogP contribution in [0.3, 0.4) is 0 Å². The van der Waals surface area contributed by atoms with Gasteiger partial charge in [-0.2, -0.15) is 0 Å². The van der Waals surface area contributed by atoms with E-state index in [1.165, 1.54) is 56.1 Å². The molecule has 110 valence electrons. The Hall–Kier alpha value is -0.520. The highest BCUT2D eigenvalue weighted by atomic mass is 14.4. The first-order valence-electron chi connectivity index (χ1n) is 8.38. The van der Waals surface area contributed by atoms with E-state index in [0.29, 0.717) is 0 Å². The zero-order chi connectivity index (χ0) is 14.4. The van der Waals surface area contributed by atoms with Crippen LogP contribution in [0.4, 0.5) is 0 Å². The minimum atomic E-state index is 0.761. The molecule has 0 aliphatic heterocycles. The van der Waals surface area contributed by atoms with E-state index in [-0.39, 0.29) is 0 Å². The third kappa shape index (κ3) is 4.23. The van der Waals surface area contributed by atoms with Crippen LogP contribution in [-0.2, 0) is 0 Å². The Balaban J connectivity index is 3.04. The molecule has 0 spiro atoms. The molecule has 1 aliphatic carbocycles. The van der Waals surface area contributed by atoms with E-state index in [1.54, 1.807) is 5.57 Å². The maximum Gasteiger partial charge on any atom is -0.0106 e. The van der Waals surface area contributed by atoms with Gasteiger partial charge in [0, 0.05) is 0 Å². The molecule has 0 aromatic carbocycles. The van der Waals surface area contributed by atoms with E-state index in [1.807, 2.05) is 0 Å². The van der Waals surface area contributed by atoms with E-state index >= 15 is 0 Å². The molecule has 0 amide bonds. The third-order valence-corrected chi connectivity index (χ3v) is 4.97. The lowest BCUT2D eigenvalue weighted by molar-refractivity contribution is 0.278. The third-order valence-electron chi connectivity index (χ3n) is 4.97. The van der Waals surface area contributed by atoms with E-state index in [4.69, 9.17) is 0 Å². The Morgan fingerprint density at radius 1 is 1.16 bits per heavy atom. The summed E-state index contributed by atoms with van der Waals surface area (Å²) in [6, 6.07) is 0. The molecule has 2 unspecified atom stereocenters. The Morgan fingerprint density at radius 3 is 2.16 bits per heavy atom. The largest absolute Gasteiger partial charge is 0.0955 e. The number of rotatable bonds is 7. The lowest BCUT2D eigenvalue weighted by atomic mass is 9.71. The fraction of sp³-hybridized carbons (Fsp3) is 0.789.